The van der Waals surface area contributed by atoms with Crippen molar-refractivity contribution >= 4 is 5.97 Å². The van der Waals surface area contributed by atoms with Gasteiger partial charge in [0.25, 0.3) is 0 Å². The Morgan fingerprint density at radius 3 is 2.57 bits per heavy atom. The number of carboxylic acid groups (broad SMARTS) is 1. The van der Waals surface area contributed by atoms with Crippen LogP contribution >= 0.6 is 0 Å². The van der Waals surface area contributed by atoms with Crippen molar-refractivity contribution in [2.24, 2.45) is 35.0 Å². The zero-order chi connectivity index (χ0) is 20.1. The summed E-state index contributed by atoms with van der Waals surface area (Å²) >= 11 is 0. The molecule has 160 valence electrons. The third kappa shape index (κ3) is 5.20. The number of hydrogen-bond donors (Lipinski definition) is 2. The van der Waals surface area contributed by atoms with Gasteiger partial charge in [-0.1, -0.05) is 45.3 Å². The van der Waals surface area contributed by atoms with Gasteiger partial charge < -0.3 is 10.2 Å². The van der Waals surface area contributed by atoms with E-state index in [9.17, 15) is 9.90 Å². The average molecular weight is 391 g/mol. The van der Waals surface area contributed by atoms with Crippen LogP contribution in [-0.4, -0.2) is 22.3 Å². The molecule has 3 nitrogen and oxygen atoms in total. The van der Waals surface area contributed by atoms with Crippen LogP contribution in [0.1, 0.15) is 97.3 Å². The number of allylic oxidation sites excluding steroid dienone is 2. The molecule has 0 aromatic carbocycles. The van der Waals surface area contributed by atoms with Crippen molar-refractivity contribution in [3.05, 3.63) is 12.2 Å². The monoisotopic (exact) mass is 390 g/mol. The van der Waals surface area contributed by atoms with Gasteiger partial charge in [-0.05, 0) is 92.8 Å². The number of unbranched alkanes of at least 4 members (excludes halogenated alkanes) is 1. The summed E-state index contributed by atoms with van der Waals surface area (Å²) in [4.78, 5) is 10.6. The molecule has 4 aliphatic rings. The number of aliphatic hydroxyl groups excluding tert-OH is 1. The lowest BCUT2D eigenvalue weighted by atomic mass is 9.42. The van der Waals surface area contributed by atoms with Gasteiger partial charge in [0.2, 0.25) is 0 Å². The fourth-order valence-electron chi connectivity index (χ4n) is 6.62. The second-order valence-corrected chi connectivity index (χ2v) is 10.6. The first kappa shape index (κ1) is 21.9. The Kier molecular flexibility index (Phi) is 7.64. The van der Waals surface area contributed by atoms with Crippen LogP contribution in [0.3, 0.4) is 0 Å². The second-order valence-electron chi connectivity index (χ2n) is 10.6. The average Bonchev–Trinajstić information content (AvgIpc) is 2.69. The first-order valence-electron chi connectivity index (χ1n) is 11.9. The molecule has 0 saturated heterocycles. The molecule has 2 bridgehead atoms. The van der Waals surface area contributed by atoms with Crippen LogP contribution in [0, 0.1) is 35.0 Å². The minimum absolute atomic E-state index is 0.0845. The van der Waals surface area contributed by atoms with Crippen LogP contribution in [0.15, 0.2) is 12.2 Å². The van der Waals surface area contributed by atoms with Crippen LogP contribution in [0.2, 0.25) is 0 Å². The van der Waals surface area contributed by atoms with Crippen molar-refractivity contribution in [2.45, 2.75) is 103 Å². The molecule has 4 rings (SSSR count). The molecule has 4 fully saturated rings. The predicted octanol–water partition coefficient (Wildman–Crippen LogP) is 6.21. The molecule has 28 heavy (non-hydrogen) atoms. The Bertz CT molecular complexity index is 532. The van der Waals surface area contributed by atoms with Gasteiger partial charge in [-0.25, -0.2) is 0 Å². The molecule has 4 aliphatic carbocycles. The van der Waals surface area contributed by atoms with Crippen molar-refractivity contribution in [3.8, 4) is 0 Å². The first-order valence-corrected chi connectivity index (χ1v) is 11.9. The Hall–Kier alpha value is -0.830. The van der Waals surface area contributed by atoms with Gasteiger partial charge >= 0.3 is 5.97 Å². The summed E-state index contributed by atoms with van der Waals surface area (Å²) < 4.78 is 0. The van der Waals surface area contributed by atoms with E-state index in [0.717, 1.165) is 49.4 Å². The van der Waals surface area contributed by atoms with E-state index in [2.05, 4.69) is 26.0 Å². The van der Waals surface area contributed by atoms with Crippen LogP contribution in [0.5, 0.6) is 0 Å². The molecule has 0 radical (unpaired) electrons. The standard InChI is InChI=1S/C25H42O3/c1-25(2)20-16-19(14-15-23(26)18-10-6-5-7-11-18)21(22(25)17-20)12-8-3-4-9-13-24(27)28/h3,8,18-23,26H,4-7,9-17H2,1-2H3,(H,27,28). The van der Waals surface area contributed by atoms with Crippen molar-refractivity contribution in [1.29, 1.82) is 0 Å². The molecule has 5 atom stereocenters. The third-order valence-corrected chi connectivity index (χ3v) is 8.62. The Labute approximate surface area is 172 Å². The number of carbonyl (C=O) groups is 1. The molecule has 0 spiro atoms. The van der Waals surface area contributed by atoms with Gasteiger partial charge in [-0.15, -0.1) is 0 Å². The molecule has 0 aromatic heterocycles. The topological polar surface area (TPSA) is 57.5 Å². The van der Waals surface area contributed by atoms with Crippen LogP contribution in [0.25, 0.3) is 0 Å². The van der Waals surface area contributed by atoms with Gasteiger partial charge in [-0.3, -0.25) is 4.79 Å². The summed E-state index contributed by atoms with van der Waals surface area (Å²) in [6.07, 6.45) is 18.8. The predicted molar refractivity (Wildman–Crippen MR) is 114 cm³/mol. The molecule has 0 amide bonds. The molecule has 2 N–H and O–H groups in total. The zero-order valence-electron chi connectivity index (χ0n) is 18.1. The maximum Gasteiger partial charge on any atom is 0.303 e. The van der Waals surface area contributed by atoms with Crippen molar-refractivity contribution < 1.29 is 15.0 Å². The van der Waals surface area contributed by atoms with E-state index >= 15 is 0 Å². The highest BCUT2D eigenvalue weighted by Crippen LogP contribution is 2.64. The van der Waals surface area contributed by atoms with Crippen molar-refractivity contribution in [1.82, 2.24) is 0 Å². The highest BCUT2D eigenvalue weighted by molar-refractivity contribution is 5.66. The zero-order valence-corrected chi connectivity index (χ0v) is 18.1. The number of aliphatic hydroxyl groups is 1. The molecule has 4 saturated carbocycles. The second kappa shape index (κ2) is 9.78. The summed E-state index contributed by atoms with van der Waals surface area (Å²) in [5, 5.41) is 19.5. The maximum atomic E-state index is 10.7. The lowest BCUT2D eigenvalue weighted by Gasteiger charge is -2.63. The summed E-state index contributed by atoms with van der Waals surface area (Å²) in [5.41, 5.74) is 0.486. The van der Waals surface area contributed by atoms with E-state index in [1.807, 2.05) is 0 Å². The Morgan fingerprint density at radius 1 is 1.14 bits per heavy atom. The highest BCUT2D eigenvalue weighted by Gasteiger charge is 2.56. The molecule has 5 unspecified atom stereocenters. The fourth-order valence-corrected chi connectivity index (χ4v) is 6.62. The molecule has 0 aliphatic heterocycles. The summed E-state index contributed by atoms with van der Waals surface area (Å²) in [6, 6.07) is 0. The Balaban J connectivity index is 1.50. The summed E-state index contributed by atoms with van der Waals surface area (Å²) in [7, 11) is 0. The molecule has 0 aromatic rings. The van der Waals surface area contributed by atoms with E-state index in [1.54, 1.807) is 0 Å². The smallest absolute Gasteiger partial charge is 0.303 e. The van der Waals surface area contributed by atoms with Crippen LogP contribution < -0.4 is 0 Å². The minimum Gasteiger partial charge on any atom is -0.481 e. The number of rotatable bonds is 10. The summed E-state index contributed by atoms with van der Waals surface area (Å²) in [5.74, 6) is 3.07. The van der Waals surface area contributed by atoms with Crippen molar-refractivity contribution in [3.63, 3.8) is 0 Å². The van der Waals surface area contributed by atoms with Gasteiger partial charge in [0.05, 0.1) is 6.10 Å². The van der Waals surface area contributed by atoms with E-state index in [1.165, 1.54) is 51.4 Å². The maximum absolute atomic E-state index is 10.7. The van der Waals surface area contributed by atoms with Gasteiger partial charge in [0.15, 0.2) is 0 Å². The largest absolute Gasteiger partial charge is 0.481 e. The van der Waals surface area contributed by atoms with E-state index in [-0.39, 0.29) is 12.5 Å². The molecule has 3 heteroatoms. The normalized spacial score (nSPS) is 33.5. The van der Waals surface area contributed by atoms with E-state index in [4.69, 9.17) is 5.11 Å². The van der Waals surface area contributed by atoms with Crippen LogP contribution in [0.4, 0.5) is 0 Å². The molecule has 0 heterocycles. The fraction of sp³-hybridized carbons (Fsp3) is 0.880. The number of fused-ring (bicyclic) bond motifs is 2. The summed E-state index contributed by atoms with van der Waals surface area (Å²) in [6.45, 7) is 4.92. The molecular formula is C25H42O3. The SMILES string of the molecule is CC1(C)C2CC(CCC(O)C3CCCCC3)C(CC=CCCCC(=O)O)C1C2. The van der Waals surface area contributed by atoms with E-state index in [0.29, 0.717) is 11.3 Å². The lowest BCUT2D eigenvalue weighted by Crippen LogP contribution is -2.55. The third-order valence-electron chi connectivity index (χ3n) is 8.62. The Morgan fingerprint density at radius 2 is 1.89 bits per heavy atom. The van der Waals surface area contributed by atoms with Gasteiger partial charge in [0.1, 0.15) is 0 Å². The quantitative estimate of drug-likeness (QED) is 0.344. The number of aliphatic carboxylic acids is 1. The van der Waals surface area contributed by atoms with Gasteiger partial charge in [0, 0.05) is 6.42 Å². The highest BCUT2D eigenvalue weighted by atomic mass is 16.4. The first-order chi connectivity index (χ1) is 13.4. The lowest BCUT2D eigenvalue weighted by molar-refractivity contribution is -0.137. The van der Waals surface area contributed by atoms with Crippen LogP contribution in [-0.2, 0) is 4.79 Å². The van der Waals surface area contributed by atoms with Gasteiger partial charge in [-0.2, -0.15) is 0 Å². The number of carboxylic acids is 1. The van der Waals surface area contributed by atoms with E-state index < -0.39 is 5.97 Å². The molecular weight excluding hydrogens is 348 g/mol. The van der Waals surface area contributed by atoms with Crippen molar-refractivity contribution in [2.75, 3.05) is 0 Å². The minimum atomic E-state index is -0.695. The number of hydrogen-bond acceptors (Lipinski definition) is 2.